The van der Waals surface area contributed by atoms with Crippen LogP contribution in [-0.2, 0) is 9.59 Å². The Balaban J connectivity index is 1.67. The fraction of sp³-hybridized carbons (Fsp3) is 0.125. The van der Waals surface area contributed by atoms with Crippen LogP contribution in [0.25, 0.3) is 0 Å². The molecule has 0 atom stereocenters. The van der Waals surface area contributed by atoms with E-state index >= 15 is 0 Å². The molecule has 0 saturated heterocycles. The lowest BCUT2D eigenvalue weighted by Crippen LogP contribution is -2.27. The summed E-state index contributed by atoms with van der Waals surface area (Å²) in [6.45, 7) is 1.67. The highest BCUT2D eigenvalue weighted by molar-refractivity contribution is 6.36. The molecule has 0 heterocycles. The fourth-order valence-corrected chi connectivity index (χ4v) is 3.51. The molecule has 7 heteroatoms. The molecular weight excluding hydrogens is 433 g/mol. The maximum absolute atomic E-state index is 13.0. The number of nitrogens with one attached hydrogen (secondary N) is 2. The van der Waals surface area contributed by atoms with Gasteiger partial charge in [-0.15, -0.1) is 0 Å². The molecule has 3 rings (SSSR count). The number of hydrogen-bond acceptors (Lipinski definition) is 3. The zero-order valence-electron chi connectivity index (χ0n) is 16.8. The molecule has 31 heavy (non-hydrogen) atoms. The molecule has 2 N–H and O–H groups in total. The number of amides is 2. The van der Waals surface area contributed by atoms with Gasteiger partial charge in [0.25, 0.3) is 5.91 Å². The largest absolute Gasteiger partial charge is 0.324 e. The Morgan fingerprint density at radius 1 is 0.903 bits per heavy atom. The van der Waals surface area contributed by atoms with Gasteiger partial charge >= 0.3 is 0 Å². The summed E-state index contributed by atoms with van der Waals surface area (Å²) in [5, 5.41) is 7.65. The number of nitrogens with zero attached hydrogens (tertiary/aromatic N) is 1. The van der Waals surface area contributed by atoms with Crippen molar-refractivity contribution in [3.05, 3.63) is 100 Å². The van der Waals surface area contributed by atoms with Gasteiger partial charge in [0.2, 0.25) is 5.91 Å². The minimum absolute atomic E-state index is 0.000571. The molecule has 0 unspecified atom stereocenters. The van der Waals surface area contributed by atoms with E-state index < -0.39 is 5.92 Å². The summed E-state index contributed by atoms with van der Waals surface area (Å²) < 4.78 is 0. The summed E-state index contributed by atoms with van der Waals surface area (Å²) in [4.78, 5) is 25.2. The number of halogens is 2. The van der Waals surface area contributed by atoms with E-state index in [0.29, 0.717) is 21.4 Å². The zero-order valence-corrected chi connectivity index (χ0v) is 18.3. The van der Waals surface area contributed by atoms with Gasteiger partial charge in [-0.3, -0.25) is 9.59 Å². The number of hydrazone groups is 1. The normalized spacial score (nSPS) is 11.3. The van der Waals surface area contributed by atoms with Crippen LogP contribution in [0.4, 0.5) is 5.69 Å². The first-order chi connectivity index (χ1) is 14.9. The fourth-order valence-electron chi connectivity index (χ4n) is 3.06. The van der Waals surface area contributed by atoms with Crippen molar-refractivity contribution in [2.24, 2.45) is 5.10 Å². The molecule has 0 bridgehead atoms. The summed E-state index contributed by atoms with van der Waals surface area (Å²) >= 11 is 11.9. The average Bonchev–Trinajstić information content (AvgIpc) is 2.76. The Morgan fingerprint density at radius 2 is 1.48 bits per heavy atom. The van der Waals surface area contributed by atoms with Gasteiger partial charge in [0.15, 0.2) is 0 Å². The van der Waals surface area contributed by atoms with Gasteiger partial charge in [0.05, 0.1) is 23.0 Å². The van der Waals surface area contributed by atoms with Gasteiger partial charge in [-0.25, -0.2) is 5.43 Å². The summed E-state index contributed by atoms with van der Waals surface area (Å²) in [7, 11) is 0. The highest BCUT2D eigenvalue weighted by Crippen LogP contribution is 2.26. The predicted molar refractivity (Wildman–Crippen MR) is 126 cm³/mol. The highest BCUT2D eigenvalue weighted by Gasteiger charge is 2.22. The standard InChI is InChI=1S/C24H21Cl2N3O2/c1-16(14-22(30)27-21-13-12-19(25)15-20(21)26)28-29-24(31)23(17-8-4-2-5-9-17)18-10-6-3-7-11-18/h2-13,15,23H,14H2,1H3,(H,27,30)(H,29,31). The van der Waals surface area contributed by atoms with Gasteiger partial charge in [-0.05, 0) is 36.2 Å². The van der Waals surface area contributed by atoms with E-state index in [9.17, 15) is 9.59 Å². The topological polar surface area (TPSA) is 70.6 Å². The molecule has 0 spiro atoms. The van der Waals surface area contributed by atoms with Crippen LogP contribution in [0.5, 0.6) is 0 Å². The molecule has 3 aromatic rings. The van der Waals surface area contributed by atoms with Crippen LogP contribution in [0.1, 0.15) is 30.4 Å². The van der Waals surface area contributed by atoms with Crippen LogP contribution in [0, 0.1) is 0 Å². The van der Waals surface area contributed by atoms with Crippen molar-refractivity contribution < 1.29 is 9.59 Å². The third-order valence-electron chi connectivity index (χ3n) is 4.51. The van der Waals surface area contributed by atoms with Crippen LogP contribution in [0.2, 0.25) is 10.0 Å². The smallest absolute Gasteiger partial charge is 0.252 e. The molecule has 0 aromatic heterocycles. The number of carbonyl (C=O) groups excluding carboxylic acids is 2. The first-order valence-corrected chi connectivity index (χ1v) is 10.4. The van der Waals surface area contributed by atoms with Crippen molar-refractivity contribution in [1.82, 2.24) is 5.43 Å². The summed E-state index contributed by atoms with van der Waals surface area (Å²) in [6.07, 6.45) is 0.000571. The first-order valence-electron chi connectivity index (χ1n) is 9.62. The lowest BCUT2D eigenvalue weighted by atomic mass is 9.91. The van der Waals surface area contributed by atoms with Crippen LogP contribution in [0.3, 0.4) is 0 Å². The van der Waals surface area contributed by atoms with Crippen LogP contribution < -0.4 is 10.7 Å². The number of rotatable bonds is 7. The lowest BCUT2D eigenvalue weighted by Gasteiger charge is -2.16. The van der Waals surface area contributed by atoms with Crippen LogP contribution >= 0.6 is 23.2 Å². The maximum Gasteiger partial charge on any atom is 0.252 e. The van der Waals surface area contributed by atoms with Gasteiger partial charge in [0, 0.05) is 10.7 Å². The molecule has 158 valence electrons. The second-order valence-electron chi connectivity index (χ2n) is 6.93. The molecule has 0 saturated carbocycles. The average molecular weight is 454 g/mol. The second kappa shape index (κ2) is 10.8. The first kappa shape index (κ1) is 22.5. The van der Waals surface area contributed by atoms with E-state index in [2.05, 4.69) is 15.8 Å². The maximum atomic E-state index is 13.0. The number of benzene rings is 3. The van der Waals surface area contributed by atoms with Crippen LogP contribution in [0.15, 0.2) is 84.0 Å². The van der Waals surface area contributed by atoms with E-state index in [1.807, 2.05) is 60.7 Å². The molecule has 2 amide bonds. The number of anilines is 1. The second-order valence-corrected chi connectivity index (χ2v) is 7.77. The quantitative estimate of drug-likeness (QED) is 0.358. The van der Waals surface area contributed by atoms with Gasteiger partial charge in [-0.1, -0.05) is 83.9 Å². The molecule has 0 fully saturated rings. The van der Waals surface area contributed by atoms with Gasteiger partial charge < -0.3 is 5.32 Å². The van der Waals surface area contributed by atoms with Crippen molar-refractivity contribution in [3.8, 4) is 0 Å². The predicted octanol–water partition coefficient (Wildman–Crippen LogP) is 5.65. The molecule has 5 nitrogen and oxygen atoms in total. The molecule has 3 aromatic carbocycles. The van der Waals surface area contributed by atoms with E-state index in [1.165, 1.54) is 0 Å². The summed E-state index contributed by atoms with van der Waals surface area (Å²) in [6, 6.07) is 23.8. The van der Waals surface area contributed by atoms with Crippen molar-refractivity contribution in [3.63, 3.8) is 0 Å². The zero-order chi connectivity index (χ0) is 22.2. The number of carbonyl (C=O) groups is 2. The Labute approximate surface area is 191 Å². The SMILES string of the molecule is CC(CC(=O)Nc1ccc(Cl)cc1Cl)=NNC(=O)C(c1ccccc1)c1ccccc1. The molecule has 0 aliphatic heterocycles. The molecule has 0 aliphatic carbocycles. The molecule has 0 aliphatic rings. The van der Waals surface area contributed by atoms with Crippen molar-refractivity contribution >= 4 is 46.4 Å². The summed E-state index contributed by atoms with van der Waals surface area (Å²) in [5.74, 6) is -1.10. The minimum atomic E-state index is -0.513. The Morgan fingerprint density at radius 3 is 2.03 bits per heavy atom. The van der Waals surface area contributed by atoms with Gasteiger partial charge in [0.1, 0.15) is 0 Å². The Kier molecular flexibility index (Phi) is 7.82. The monoisotopic (exact) mass is 453 g/mol. The minimum Gasteiger partial charge on any atom is -0.324 e. The Hall–Kier alpha value is -3.15. The van der Waals surface area contributed by atoms with Crippen molar-refractivity contribution in [1.29, 1.82) is 0 Å². The van der Waals surface area contributed by atoms with Crippen molar-refractivity contribution in [2.45, 2.75) is 19.3 Å². The highest BCUT2D eigenvalue weighted by atomic mass is 35.5. The van der Waals surface area contributed by atoms with Crippen molar-refractivity contribution in [2.75, 3.05) is 5.32 Å². The van der Waals surface area contributed by atoms with E-state index in [-0.39, 0.29) is 18.2 Å². The third-order valence-corrected chi connectivity index (χ3v) is 5.05. The van der Waals surface area contributed by atoms with Gasteiger partial charge in [-0.2, -0.15) is 5.10 Å². The number of hydrogen-bond donors (Lipinski definition) is 2. The van der Waals surface area contributed by atoms with E-state index in [0.717, 1.165) is 11.1 Å². The molecular formula is C24H21Cl2N3O2. The van der Waals surface area contributed by atoms with Crippen LogP contribution in [-0.4, -0.2) is 17.5 Å². The summed E-state index contributed by atoms with van der Waals surface area (Å²) in [5.41, 5.74) is 5.22. The third kappa shape index (κ3) is 6.41. The molecule has 0 radical (unpaired) electrons. The lowest BCUT2D eigenvalue weighted by molar-refractivity contribution is -0.121. The van der Waals surface area contributed by atoms with E-state index in [1.54, 1.807) is 25.1 Å². The Bertz CT molecular complexity index is 1050. The van der Waals surface area contributed by atoms with E-state index in [4.69, 9.17) is 23.2 Å².